The van der Waals surface area contributed by atoms with Crippen LogP contribution >= 0.6 is 23.4 Å². The van der Waals surface area contributed by atoms with Crippen molar-refractivity contribution in [2.45, 2.75) is 19.8 Å². The van der Waals surface area contributed by atoms with Crippen molar-refractivity contribution >= 4 is 57.3 Å². The number of halogens is 2. The summed E-state index contributed by atoms with van der Waals surface area (Å²) in [7, 11) is 0. The van der Waals surface area contributed by atoms with Crippen LogP contribution in [-0.2, 0) is 9.59 Å². The summed E-state index contributed by atoms with van der Waals surface area (Å²) in [6, 6.07) is 10.8. The van der Waals surface area contributed by atoms with Crippen molar-refractivity contribution in [2.24, 2.45) is 5.92 Å². The lowest BCUT2D eigenvalue weighted by atomic mass is 9.99. The zero-order valence-corrected chi connectivity index (χ0v) is 21.4. The zero-order valence-electron chi connectivity index (χ0n) is 19.8. The first-order chi connectivity index (χ1) is 17.8. The van der Waals surface area contributed by atoms with Gasteiger partial charge in [-0.3, -0.25) is 19.3 Å². The molecule has 2 aromatic carbocycles. The Morgan fingerprint density at radius 3 is 2.76 bits per heavy atom. The van der Waals surface area contributed by atoms with E-state index in [0.717, 1.165) is 41.1 Å². The highest BCUT2D eigenvalue weighted by Crippen LogP contribution is 2.38. The molecule has 3 amide bonds. The van der Waals surface area contributed by atoms with Crippen LogP contribution in [0.1, 0.15) is 25.3 Å². The summed E-state index contributed by atoms with van der Waals surface area (Å²) < 4.78 is 20.0. The average Bonchev–Trinajstić information content (AvgIpc) is 3.15. The number of imide groups is 1. The Morgan fingerprint density at radius 2 is 1.97 bits per heavy atom. The lowest BCUT2D eigenvalue weighted by molar-refractivity contribution is -0.136. The molecule has 2 saturated heterocycles. The molecule has 0 atom stereocenters. The number of likely N-dealkylation sites (tertiary alicyclic amines) is 1. The number of carbonyl (C=O) groups excluding carboxylic acids is 3. The molecule has 3 heterocycles. The molecule has 11 heteroatoms. The van der Waals surface area contributed by atoms with Crippen LogP contribution in [0, 0.1) is 11.7 Å². The average molecular weight is 541 g/mol. The molecule has 0 unspecified atom stereocenters. The molecule has 1 aromatic heterocycles. The van der Waals surface area contributed by atoms with E-state index in [4.69, 9.17) is 16.3 Å². The minimum absolute atomic E-state index is 0.132. The molecular formula is C26H22ClFN4O4S. The van der Waals surface area contributed by atoms with E-state index in [-0.39, 0.29) is 34.3 Å². The maximum atomic E-state index is 14.3. The molecule has 37 heavy (non-hydrogen) atoms. The van der Waals surface area contributed by atoms with Crippen LogP contribution in [0.25, 0.3) is 16.8 Å². The summed E-state index contributed by atoms with van der Waals surface area (Å²) in [6.45, 7) is 3.07. The van der Waals surface area contributed by atoms with Gasteiger partial charge in [-0.15, -0.1) is 0 Å². The molecule has 190 valence electrons. The molecule has 2 aliphatic heterocycles. The van der Waals surface area contributed by atoms with Crippen molar-refractivity contribution < 1.29 is 23.5 Å². The van der Waals surface area contributed by atoms with E-state index < -0.39 is 17.0 Å². The first kappa shape index (κ1) is 25.2. The molecule has 0 saturated carbocycles. The highest BCUT2D eigenvalue weighted by Gasteiger charge is 2.37. The molecule has 0 spiro atoms. The number of fused-ring (bicyclic) bond motifs is 1. The summed E-state index contributed by atoms with van der Waals surface area (Å²) in [5.74, 6) is -1.25. The maximum Gasteiger partial charge on any atom is 0.294 e. The second kappa shape index (κ2) is 10.5. The standard InChI is InChI=1S/C26H22ClFN4O4S/c1-15-8-10-31(11-9-15)22(33)14-32-24(34)21(37-26(32)35)12-18-17-5-3-2-4-16(17)6-7-20(18)36-23-19(28)13-29-25(27)30-23/h2-7,12-13,15H,8-11,14H2,1H3/b21-12+. The summed E-state index contributed by atoms with van der Waals surface area (Å²) in [5.41, 5.74) is 0.453. The van der Waals surface area contributed by atoms with Crippen molar-refractivity contribution in [2.75, 3.05) is 19.6 Å². The number of ether oxygens (including phenoxy) is 1. The van der Waals surface area contributed by atoms with Crippen LogP contribution < -0.4 is 4.74 Å². The van der Waals surface area contributed by atoms with Crippen molar-refractivity contribution in [3.63, 3.8) is 0 Å². The predicted octanol–water partition coefficient (Wildman–Crippen LogP) is 5.51. The Kier molecular flexibility index (Phi) is 7.12. The normalized spacial score (nSPS) is 17.8. The molecule has 3 aromatic rings. The topological polar surface area (TPSA) is 92.7 Å². The van der Waals surface area contributed by atoms with Crippen molar-refractivity contribution in [3.8, 4) is 11.6 Å². The van der Waals surface area contributed by atoms with Crippen LogP contribution in [0.4, 0.5) is 9.18 Å². The van der Waals surface area contributed by atoms with Gasteiger partial charge in [-0.2, -0.15) is 9.37 Å². The van der Waals surface area contributed by atoms with Gasteiger partial charge in [0.15, 0.2) is 0 Å². The number of rotatable bonds is 5. The zero-order chi connectivity index (χ0) is 26.1. The molecule has 8 nitrogen and oxygen atoms in total. The summed E-state index contributed by atoms with van der Waals surface area (Å²) >= 11 is 6.55. The maximum absolute atomic E-state index is 14.3. The van der Waals surface area contributed by atoms with Gasteiger partial charge in [-0.1, -0.05) is 37.3 Å². The first-order valence-electron chi connectivity index (χ1n) is 11.7. The second-order valence-electron chi connectivity index (χ2n) is 8.92. The number of thioether (sulfide) groups is 1. The van der Waals surface area contributed by atoms with Crippen molar-refractivity contribution in [3.05, 3.63) is 64.2 Å². The Bertz CT molecular complexity index is 1440. The summed E-state index contributed by atoms with van der Waals surface area (Å²) in [5, 5.41) is 0.848. The molecule has 0 bridgehead atoms. The molecule has 2 fully saturated rings. The van der Waals surface area contributed by atoms with E-state index in [2.05, 4.69) is 16.9 Å². The molecule has 0 radical (unpaired) electrons. The Balaban J connectivity index is 1.46. The Labute approximate surface area is 221 Å². The van der Waals surface area contributed by atoms with E-state index in [1.807, 2.05) is 24.3 Å². The van der Waals surface area contributed by atoms with Gasteiger partial charge in [0, 0.05) is 18.7 Å². The van der Waals surface area contributed by atoms with Crippen LogP contribution in [0.5, 0.6) is 11.6 Å². The van der Waals surface area contributed by atoms with E-state index in [9.17, 15) is 18.8 Å². The van der Waals surface area contributed by atoms with E-state index in [0.29, 0.717) is 30.0 Å². The number of aromatic nitrogens is 2. The molecule has 5 rings (SSSR count). The van der Waals surface area contributed by atoms with Gasteiger partial charge in [-0.25, -0.2) is 4.98 Å². The quantitative estimate of drug-likeness (QED) is 0.311. The molecule has 0 N–H and O–H groups in total. The molecular weight excluding hydrogens is 519 g/mol. The van der Waals surface area contributed by atoms with Gasteiger partial charge < -0.3 is 9.64 Å². The second-order valence-corrected chi connectivity index (χ2v) is 10.3. The van der Waals surface area contributed by atoms with Crippen molar-refractivity contribution in [1.29, 1.82) is 0 Å². The van der Waals surface area contributed by atoms with Gasteiger partial charge >= 0.3 is 0 Å². The number of nitrogens with zero attached hydrogens (tertiary/aromatic N) is 4. The Morgan fingerprint density at radius 1 is 1.22 bits per heavy atom. The largest absolute Gasteiger partial charge is 0.436 e. The smallest absolute Gasteiger partial charge is 0.294 e. The monoisotopic (exact) mass is 540 g/mol. The first-order valence-corrected chi connectivity index (χ1v) is 12.9. The third kappa shape index (κ3) is 5.30. The van der Waals surface area contributed by atoms with Crippen LogP contribution in [0.15, 0.2) is 47.5 Å². The minimum Gasteiger partial charge on any atom is -0.436 e. The lowest BCUT2D eigenvalue weighted by Crippen LogP contribution is -2.45. The summed E-state index contributed by atoms with van der Waals surface area (Å²) in [6.07, 6.45) is 4.22. The predicted molar refractivity (Wildman–Crippen MR) is 139 cm³/mol. The van der Waals surface area contributed by atoms with Gasteiger partial charge in [0.1, 0.15) is 12.3 Å². The van der Waals surface area contributed by atoms with Gasteiger partial charge in [0.05, 0.1) is 11.1 Å². The molecule has 0 aliphatic carbocycles. The van der Waals surface area contributed by atoms with Gasteiger partial charge in [0.2, 0.25) is 17.0 Å². The fraction of sp³-hybridized carbons (Fsp3) is 0.269. The van der Waals surface area contributed by atoms with Gasteiger partial charge in [-0.05, 0) is 65.0 Å². The van der Waals surface area contributed by atoms with Crippen molar-refractivity contribution in [1.82, 2.24) is 19.8 Å². The third-order valence-electron chi connectivity index (χ3n) is 6.40. The van der Waals surface area contributed by atoms with Crippen LogP contribution in [0.2, 0.25) is 5.28 Å². The van der Waals surface area contributed by atoms with Crippen LogP contribution in [0.3, 0.4) is 0 Å². The summed E-state index contributed by atoms with van der Waals surface area (Å²) in [4.78, 5) is 48.9. The highest BCUT2D eigenvalue weighted by atomic mass is 35.5. The fourth-order valence-corrected chi connectivity index (χ4v) is 5.23. The number of piperidine rings is 1. The SMILES string of the molecule is CC1CCN(C(=O)CN2C(=O)S/C(=C/c3c(Oc4nc(Cl)ncc4F)ccc4ccccc34)C2=O)CC1. The number of amides is 3. The van der Waals surface area contributed by atoms with Gasteiger partial charge in [0.25, 0.3) is 17.0 Å². The van der Waals surface area contributed by atoms with E-state index in [1.165, 1.54) is 6.08 Å². The number of hydrogen-bond acceptors (Lipinski definition) is 7. The van der Waals surface area contributed by atoms with E-state index in [1.54, 1.807) is 17.0 Å². The number of hydrogen-bond donors (Lipinski definition) is 0. The minimum atomic E-state index is -0.811. The highest BCUT2D eigenvalue weighted by molar-refractivity contribution is 8.18. The lowest BCUT2D eigenvalue weighted by Gasteiger charge is -2.31. The molecule has 2 aliphatic rings. The van der Waals surface area contributed by atoms with Crippen LogP contribution in [-0.4, -0.2) is 56.5 Å². The third-order valence-corrected chi connectivity index (χ3v) is 7.49. The number of benzene rings is 2. The van der Waals surface area contributed by atoms with E-state index >= 15 is 0 Å². The number of carbonyl (C=O) groups is 3. The Hall–Kier alpha value is -3.50. The fourth-order valence-electron chi connectivity index (χ4n) is 4.28.